The van der Waals surface area contributed by atoms with Crippen LogP contribution in [-0.4, -0.2) is 34.5 Å². The summed E-state index contributed by atoms with van der Waals surface area (Å²) in [7, 11) is 1.71. The minimum absolute atomic E-state index is 0.00755. The first-order valence-corrected chi connectivity index (χ1v) is 7.74. The van der Waals surface area contributed by atoms with Gasteiger partial charge in [0.05, 0.1) is 0 Å². The maximum Gasteiger partial charge on any atom is 0.329 e. The fourth-order valence-electron chi connectivity index (χ4n) is 4.35. The molecule has 0 radical (unpaired) electrons. The van der Waals surface area contributed by atoms with E-state index in [2.05, 4.69) is 12.2 Å². The Bertz CT molecular complexity index is 451. The van der Waals surface area contributed by atoms with Crippen LogP contribution < -0.4 is 0 Å². The third kappa shape index (κ3) is 1.97. The summed E-state index contributed by atoms with van der Waals surface area (Å²) in [5.41, 5.74) is -0.957. The largest absolute Gasteiger partial charge is 0.479 e. The summed E-state index contributed by atoms with van der Waals surface area (Å²) in [5, 5.41) is 9.67. The quantitative estimate of drug-likeness (QED) is 0.806. The Labute approximate surface area is 119 Å². The number of carboxylic acids is 1. The predicted octanol–water partition coefficient (Wildman–Crippen LogP) is 2.44. The Morgan fingerprint density at radius 2 is 1.85 bits per heavy atom. The molecule has 0 aromatic heterocycles. The van der Waals surface area contributed by atoms with E-state index in [1.54, 1.807) is 11.9 Å². The number of carboxylic acid groups (broad SMARTS) is 1. The van der Waals surface area contributed by atoms with Crippen molar-refractivity contribution in [3.05, 3.63) is 12.2 Å². The zero-order valence-electron chi connectivity index (χ0n) is 12.0. The normalized spacial score (nSPS) is 34.1. The van der Waals surface area contributed by atoms with Gasteiger partial charge in [-0.2, -0.15) is 0 Å². The van der Waals surface area contributed by atoms with E-state index in [1.165, 1.54) is 0 Å². The number of likely N-dealkylation sites (N-methyl/N-ethyl adjacent to an activating group) is 1. The van der Waals surface area contributed by atoms with Crippen LogP contribution >= 0.6 is 0 Å². The lowest BCUT2D eigenvalue weighted by atomic mass is 9.79. The monoisotopic (exact) mass is 277 g/mol. The number of carbonyl (C=O) groups is 2. The topological polar surface area (TPSA) is 57.6 Å². The van der Waals surface area contributed by atoms with Crippen LogP contribution in [0.25, 0.3) is 0 Å². The third-order valence-electron chi connectivity index (χ3n) is 5.65. The molecule has 0 aliphatic heterocycles. The van der Waals surface area contributed by atoms with Crippen molar-refractivity contribution in [2.24, 2.45) is 17.8 Å². The van der Waals surface area contributed by atoms with Crippen LogP contribution in [0, 0.1) is 17.8 Å². The van der Waals surface area contributed by atoms with Crippen LogP contribution in [0.15, 0.2) is 12.2 Å². The van der Waals surface area contributed by atoms with Gasteiger partial charge in [-0.3, -0.25) is 4.79 Å². The SMILES string of the molecule is CN(C(=O)C1CC2C=CC1C2)C1(C(=O)O)CCCCC1. The van der Waals surface area contributed by atoms with Crippen molar-refractivity contribution < 1.29 is 14.7 Å². The maximum absolute atomic E-state index is 12.8. The van der Waals surface area contributed by atoms with Gasteiger partial charge in [-0.05, 0) is 37.5 Å². The second-order valence-electron chi connectivity index (χ2n) is 6.68. The van der Waals surface area contributed by atoms with Crippen molar-refractivity contribution in [1.29, 1.82) is 0 Å². The van der Waals surface area contributed by atoms with Crippen LogP contribution in [0.5, 0.6) is 0 Å². The number of hydrogen-bond donors (Lipinski definition) is 1. The Morgan fingerprint density at radius 1 is 1.15 bits per heavy atom. The molecule has 0 aromatic rings. The zero-order chi connectivity index (χ0) is 14.3. The molecule has 2 bridgehead atoms. The average molecular weight is 277 g/mol. The van der Waals surface area contributed by atoms with Crippen LogP contribution in [-0.2, 0) is 9.59 Å². The number of fused-ring (bicyclic) bond motifs is 2. The predicted molar refractivity (Wildman–Crippen MR) is 75.1 cm³/mol. The fraction of sp³-hybridized carbons (Fsp3) is 0.750. The highest BCUT2D eigenvalue weighted by molar-refractivity contribution is 5.88. The van der Waals surface area contributed by atoms with E-state index in [4.69, 9.17) is 0 Å². The molecule has 1 N–H and O–H groups in total. The molecule has 0 aromatic carbocycles. The van der Waals surface area contributed by atoms with Gasteiger partial charge in [-0.15, -0.1) is 0 Å². The minimum Gasteiger partial charge on any atom is -0.479 e. The van der Waals surface area contributed by atoms with Gasteiger partial charge in [0.1, 0.15) is 5.54 Å². The Morgan fingerprint density at radius 3 is 2.35 bits per heavy atom. The molecule has 0 heterocycles. The van der Waals surface area contributed by atoms with Gasteiger partial charge in [-0.1, -0.05) is 31.4 Å². The van der Waals surface area contributed by atoms with Crippen molar-refractivity contribution in [2.75, 3.05) is 7.05 Å². The highest BCUT2D eigenvalue weighted by atomic mass is 16.4. The first-order chi connectivity index (χ1) is 9.54. The molecule has 3 aliphatic rings. The molecule has 3 unspecified atom stereocenters. The van der Waals surface area contributed by atoms with E-state index in [-0.39, 0.29) is 11.8 Å². The molecule has 4 heteroatoms. The van der Waals surface area contributed by atoms with E-state index < -0.39 is 11.5 Å². The Kier molecular flexibility index (Phi) is 3.35. The van der Waals surface area contributed by atoms with Crippen LogP contribution in [0.4, 0.5) is 0 Å². The zero-order valence-corrected chi connectivity index (χ0v) is 12.0. The highest BCUT2D eigenvalue weighted by Crippen LogP contribution is 2.45. The van der Waals surface area contributed by atoms with Gasteiger partial charge >= 0.3 is 5.97 Å². The lowest BCUT2D eigenvalue weighted by molar-refractivity contribution is -0.162. The van der Waals surface area contributed by atoms with E-state index in [0.29, 0.717) is 24.7 Å². The van der Waals surface area contributed by atoms with Gasteiger partial charge < -0.3 is 10.0 Å². The maximum atomic E-state index is 12.8. The fourth-order valence-corrected chi connectivity index (χ4v) is 4.35. The molecular formula is C16H23NO3. The van der Waals surface area contributed by atoms with Crippen LogP contribution in [0.2, 0.25) is 0 Å². The molecule has 3 aliphatic carbocycles. The van der Waals surface area contributed by atoms with Crippen molar-refractivity contribution in [2.45, 2.75) is 50.5 Å². The van der Waals surface area contributed by atoms with Gasteiger partial charge in [0.25, 0.3) is 0 Å². The number of carbonyl (C=O) groups excluding carboxylic acids is 1. The van der Waals surface area contributed by atoms with E-state index in [9.17, 15) is 14.7 Å². The second kappa shape index (κ2) is 4.90. The van der Waals surface area contributed by atoms with Gasteiger partial charge in [0.2, 0.25) is 5.91 Å². The first kappa shape index (κ1) is 13.7. The minimum atomic E-state index is -0.957. The van der Waals surface area contributed by atoms with Gasteiger partial charge in [0.15, 0.2) is 0 Å². The van der Waals surface area contributed by atoms with Crippen molar-refractivity contribution >= 4 is 11.9 Å². The molecule has 3 rings (SSSR count). The number of nitrogens with zero attached hydrogens (tertiary/aromatic N) is 1. The number of allylic oxidation sites excluding steroid dienone is 2. The third-order valence-corrected chi connectivity index (χ3v) is 5.65. The second-order valence-corrected chi connectivity index (χ2v) is 6.68. The molecule has 20 heavy (non-hydrogen) atoms. The lowest BCUT2D eigenvalue weighted by Gasteiger charge is -2.42. The average Bonchev–Trinajstić information content (AvgIpc) is 3.09. The molecule has 4 nitrogen and oxygen atoms in total. The molecule has 110 valence electrons. The Balaban J connectivity index is 1.79. The number of hydrogen-bond acceptors (Lipinski definition) is 2. The van der Waals surface area contributed by atoms with Gasteiger partial charge in [0, 0.05) is 13.0 Å². The van der Waals surface area contributed by atoms with Crippen LogP contribution in [0.1, 0.15) is 44.9 Å². The lowest BCUT2D eigenvalue weighted by Crippen LogP contribution is -2.57. The number of aliphatic carboxylic acids is 1. The summed E-state index contributed by atoms with van der Waals surface area (Å²) in [5.74, 6) is 0.102. The summed E-state index contributed by atoms with van der Waals surface area (Å²) in [6.45, 7) is 0. The van der Waals surface area contributed by atoms with Crippen molar-refractivity contribution in [1.82, 2.24) is 4.90 Å². The standard InChI is InChI=1S/C16H23NO3/c1-17(16(15(19)20)7-3-2-4-8-16)14(18)13-10-11-5-6-12(13)9-11/h5-6,11-13H,2-4,7-10H2,1H3,(H,19,20). The molecule has 1 amide bonds. The van der Waals surface area contributed by atoms with E-state index in [0.717, 1.165) is 32.1 Å². The highest BCUT2D eigenvalue weighted by Gasteiger charge is 2.49. The molecule has 0 saturated heterocycles. The summed E-state index contributed by atoms with van der Waals surface area (Å²) in [6, 6.07) is 0. The Hall–Kier alpha value is -1.32. The van der Waals surface area contributed by atoms with E-state index >= 15 is 0 Å². The summed E-state index contributed by atoms with van der Waals surface area (Å²) < 4.78 is 0. The van der Waals surface area contributed by atoms with Crippen molar-refractivity contribution in [3.63, 3.8) is 0 Å². The van der Waals surface area contributed by atoms with Gasteiger partial charge in [-0.25, -0.2) is 4.79 Å². The summed E-state index contributed by atoms with van der Waals surface area (Å²) in [4.78, 5) is 26.1. The van der Waals surface area contributed by atoms with Crippen LogP contribution in [0.3, 0.4) is 0 Å². The smallest absolute Gasteiger partial charge is 0.329 e. The summed E-state index contributed by atoms with van der Waals surface area (Å²) in [6.07, 6.45) is 10.4. The molecule has 0 spiro atoms. The van der Waals surface area contributed by atoms with Crippen molar-refractivity contribution in [3.8, 4) is 0 Å². The number of amides is 1. The summed E-state index contributed by atoms with van der Waals surface area (Å²) >= 11 is 0. The first-order valence-electron chi connectivity index (χ1n) is 7.74. The molecular weight excluding hydrogens is 254 g/mol. The number of rotatable bonds is 3. The van der Waals surface area contributed by atoms with E-state index in [1.807, 2.05) is 0 Å². The molecule has 2 saturated carbocycles. The molecule has 3 atom stereocenters. The molecule has 2 fully saturated rings.